The highest BCUT2D eigenvalue weighted by molar-refractivity contribution is 5.94. The number of rotatable bonds is 10. The minimum atomic E-state index is -0.741. The highest BCUT2D eigenvalue weighted by Gasteiger charge is 2.35. The van der Waals surface area contributed by atoms with Crippen LogP contribution in [0.25, 0.3) is 0 Å². The molecule has 1 fully saturated rings. The fourth-order valence-electron chi connectivity index (χ4n) is 4.94. The van der Waals surface area contributed by atoms with E-state index in [1.54, 1.807) is 47.4 Å². The first kappa shape index (κ1) is 29.1. The van der Waals surface area contributed by atoms with Gasteiger partial charge in [-0.1, -0.05) is 26.7 Å². The van der Waals surface area contributed by atoms with E-state index >= 15 is 0 Å². The normalized spacial score (nSPS) is 14.6. The molecule has 0 saturated carbocycles. The predicted molar refractivity (Wildman–Crippen MR) is 153 cm³/mol. The molecule has 40 heavy (non-hydrogen) atoms. The molecule has 0 aliphatic carbocycles. The molecule has 0 spiro atoms. The Balaban J connectivity index is 1.49. The number of piperidine rings is 1. The summed E-state index contributed by atoms with van der Waals surface area (Å²) in [5.74, 6) is 1.79. The number of amides is 2. The average Bonchev–Trinajstić information content (AvgIpc) is 2.93. The van der Waals surface area contributed by atoms with Crippen molar-refractivity contribution in [2.45, 2.75) is 58.5 Å². The van der Waals surface area contributed by atoms with Crippen LogP contribution in [-0.4, -0.2) is 40.5 Å². The second-order valence-electron chi connectivity index (χ2n) is 10.5. The first-order chi connectivity index (χ1) is 19.2. The van der Waals surface area contributed by atoms with Crippen molar-refractivity contribution in [2.75, 3.05) is 18.4 Å². The number of hydrogen-bond donors (Lipinski definition) is 2. The second kappa shape index (κ2) is 13.0. The summed E-state index contributed by atoms with van der Waals surface area (Å²) < 4.78 is 25.3. The van der Waals surface area contributed by atoms with Crippen molar-refractivity contribution < 1.29 is 28.6 Å². The Morgan fingerprint density at radius 1 is 0.900 bits per heavy atom. The Morgan fingerprint density at radius 3 is 1.93 bits per heavy atom. The summed E-state index contributed by atoms with van der Waals surface area (Å²) in [7, 11) is 0. The van der Waals surface area contributed by atoms with Crippen LogP contribution in [0.1, 0.15) is 63.2 Å². The molecule has 0 atom stereocenters. The molecule has 7 nitrogen and oxygen atoms in total. The summed E-state index contributed by atoms with van der Waals surface area (Å²) in [4.78, 5) is 26.5. The largest absolute Gasteiger partial charge is 0.457 e. The van der Waals surface area contributed by atoms with Crippen LogP contribution in [0.3, 0.4) is 0 Å². The van der Waals surface area contributed by atoms with E-state index in [-0.39, 0.29) is 17.6 Å². The van der Waals surface area contributed by atoms with Crippen LogP contribution in [0.4, 0.5) is 14.9 Å². The number of benzene rings is 3. The summed E-state index contributed by atoms with van der Waals surface area (Å²) in [6.07, 6.45) is 3.89. The minimum absolute atomic E-state index is 0.0436. The lowest BCUT2D eigenvalue weighted by molar-refractivity contribution is -0.0309. The molecule has 0 radical (unpaired) electrons. The van der Waals surface area contributed by atoms with Gasteiger partial charge in [0.05, 0.1) is 5.60 Å². The maximum absolute atomic E-state index is 13.4. The topological polar surface area (TPSA) is 88.1 Å². The number of ether oxygens (including phenoxy) is 2. The standard InChI is InChI=1S/C32H37FN2O5/c1-4-23(5-2)21-32(38)14-16-35(17-15-32)31(37)34-26-18-29(39-27-10-6-24(7-11-27)22(3)36)20-30(19-26)40-28-12-8-25(33)9-13-28/h6-13,18-20,23,38H,4-5,14-17,21H2,1-3H3,(H,34,37). The van der Waals surface area contributed by atoms with Gasteiger partial charge in [0.1, 0.15) is 28.8 Å². The third kappa shape index (κ3) is 7.82. The molecule has 8 heteroatoms. The number of carbonyl (C=O) groups excluding carboxylic acids is 2. The van der Waals surface area contributed by atoms with Gasteiger partial charge in [-0.3, -0.25) is 4.79 Å². The number of halogens is 1. The van der Waals surface area contributed by atoms with Crippen molar-refractivity contribution in [2.24, 2.45) is 5.92 Å². The number of likely N-dealkylation sites (tertiary alicyclic amines) is 1. The number of Topliss-reactive ketones (excluding diaryl/α,β-unsaturated/α-hetero) is 1. The Kier molecular flexibility index (Phi) is 9.42. The number of nitrogens with zero attached hydrogens (tertiary/aromatic N) is 1. The van der Waals surface area contributed by atoms with Crippen LogP contribution in [-0.2, 0) is 0 Å². The third-order valence-electron chi connectivity index (χ3n) is 7.48. The monoisotopic (exact) mass is 548 g/mol. The number of nitrogens with one attached hydrogen (secondary N) is 1. The molecule has 1 aliphatic rings. The zero-order chi connectivity index (χ0) is 28.7. The van der Waals surface area contributed by atoms with Gasteiger partial charge in [0.2, 0.25) is 0 Å². The van der Waals surface area contributed by atoms with E-state index in [0.29, 0.717) is 66.1 Å². The van der Waals surface area contributed by atoms with Gasteiger partial charge in [-0.15, -0.1) is 0 Å². The Labute approximate surface area is 234 Å². The van der Waals surface area contributed by atoms with Crippen molar-refractivity contribution in [3.8, 4) is 23.0 Å². The SMILES string of the molecule is CCC(CC)CC1(O)CCN(C(=O)Nc2cc(Oc3ccc(F)cc3)cc(Oc3ccc(C(C)=O)cc3)c2)CC1. The molecule has 0 bridgehead atoms. The lowest BCUT2D eigenvalue weighted by Gasteiger charge is -2.39. The molecule has 3 aromatic rings. The molecular weight excluding hydrogens is 511 g/mol. The summed E-state index contributed by atoms with van der Waals surface area (Å²) in [6, 6.07) is 17.1. The van der Waals surface area contributed by atoms with E-state index in [1.165, 1.54) is 31.2 Å². The zero-order valence-corrected chi connectivity index (χ0v) is 23.3. The minimum Gasteiger partial charge on any atom is -0.457 e. The summed E-state index contributed by atoms with van der Waals surface area (Å²) >= 11 is 0. The van der Waals surface area contributed by atoms with Crippen LogP contribution in [0.2, 0.25) is 0 Å². The van der Waals surface area contributed by atoms with E-state index < -0.39 is 5.60 Å². The lowest BCUT2D eigenvalue weighted by Crippen LogP contribution is -2.48. The van der Waals surface area contributed by atoms with Crippen LogP contribution in [0.15, 0.2) is 66.7 Å². The number of aliphatic hydroxyl groups is 1. The van der Waals surface area contributed by atoms with Crippen LogP contribution < -0.4 is 14.8 Å². The highest BCUT2D eigenvalue weighted by Crippen LogP contribution is 2.34. The molecule has 212 valence electrons. The number of ketones is 1. The molecule has 4 rings (SSSR count). The fraction of sp³-hybridized carbons (Fsp3) is 0.375. The molecule has 3 aromatic carbocycles. The Hall–Kier alpha value is -3.91. The number of urea groups is 1. The van der Waals surface area contributed by atoms with E-state index in [9.17, 15) is 19.1 Å². The van der Waals surface area contributed by atoms with Gasteiger partial charge in [-0.2, -0.15) is 0 Å². The van der Waals surface area contributed by atoms with Crippen molar-refractivity contribution in [3.05, 3.63) is 78.1 Å². The van der Waals surface area contributed by atoms with Crippen molar-refractivity contribution in [1.29, 1.82) is 0 Å². The molecule has 0 aromatic heterocycles. The van der Waals surface area contributed by atoms with Gasteiger partial charge in [0, 0.05) is 42.5 Å². The molecule has 2 amide bonds. The van der Waals surface area contributed by atoms with Gasteiger partial charge >= 0.3 is 6.03 Å². The van der Waals surface area contributed by atoms with Gasteiger partial charge in [0.25, 0.3) is 0 Å². The van der Waals surface area contributed by atoms with Gasteiger partial charge in [-0.05, 0) is 80.6 Å². The maximum Gasteiger partial charge on any atom is 0.321 e. The average molecular weight is 549 g/mol. The maximum atomic E-state index is 13.4. The van der Waals surface area contributed by atoms with Crippen molar-refractivity contribution >= 4 is 17.5 Å². The van der Waals surface area contributed by atoms with Gasteiger partial charge in [-0.25, -0.2) is 9.18 Å². The number of carbonyl (C=O) groups is 2. The molecular formula is C32H37FN2O5. The zero-order valence-electron chi connectivity index (χ0n) is 23.3. The summed E-state index contributed by atoms with van der Waals surface area (Å²) in [6.45, 7) is 6.71. The third-order valence-corrected chi connectivity index (χ3v) is 7.48. The van der Waals surface area contributed by atoms with E-state index in [4.69, 9.17) is 9.47 Å². The first-order valence-corrected chi connectivity index (χ1v) is 13.8. The second-order valence-corrected chi connectivity index (χ2v) is 10.5. The Morgan fingerprint density at radius 2 is 1.43 bits per heavy atom. The van der Waals surface area contributed by atoms with E-state index in [2.05, 4.69) is 19.2 Å². The summed E-state index contributed by atoms with van der Waals surface area (Å²) in [5.41, 5.74) is 0.287. The number of hydrogen-bond acceptors (Lipinski definition) is 5. The van der Waals surface area contributed by atoms with Gasteiger partial charge < -0.3 is 24.8 Å². The first-order valence-electron chi connectivity index (χ1n) is 13.8. The van der Waals surface area contributed by atoms with Crippen molar-refractivity contribution in [1.82, 2.24) is 4.90 Å². The molecule has 1 heterocycles. The van der Waals surface area contributed by atoms with E-state index in [1.807, 2.05) is 0 Å². The Bertz CT molecular complexity index is 1300. The highest BCUT2D eigenvalue weighted by atomic mass is 19.1. The van der Waals surface area contributed by atoms with Crippen LogP contribution in [0.5, 0.6) is 23.0 Å². The molecule has 1 saturated heterocycles. The lowest BCUT2D eigenvalue weighted by atomic mass is 9.81. The molecule has 1 aliphatic heterocycles. The van der Waals surface area contributed by atoms with Crippen LogP contribution >= 0.6 is 0 Å². The quantitative estimate of drug-likeness (QED) is 0.252. The number of anilines is 1. The molecule has 0 unspecified atom stereocenters. The molecule has 2 N–H and O–H groups in total. The van der Waals surface area contributed by atoms with Crippen LogP contribution in [0, 0.1) is 11.7 Å². The predicted octanol–water partition coefficient (Wildman–Crippen LogP) is 7.80. The smallest absolute Gasteiger partial charge is 0.321 e. The summed E-state index contributed by atoms with van der Waals surface area (Å²) in [5, 5.41) is 14.0. The fourth-order valence-corrected chi connectivity index (χ4v) is 4.94. The van der Waals surface area contributed by atoms with E-state index in [0.717, 1.165) is 19.3 Å². The van der Waals surface area contributed by atoms with Crippen molar-refractivity contribution in [3.63, 3.8) is 0 Å². The van der Waals surface area contributed by atoms with Gasteiger partial charge in [0.15, 0.2) is 5.78 Å².